The van der Waals surface area contributed by atoms with Crippen LogP contribution in [0.15, 0.2) is 30.0 Å². The molecule has 1 rings (SSSR count). The summed E-state index contributed by atoms with van der Waals surface area (Å²) in [5.41, 5.74) is -0.216. The summed E-state index contributed by atoms with van der Waals surface area (Å²) < 4.78 is 26.6. The van der Waals surface area contributed by atoms with E-state index in [9.17, 15) is 13.6 Å². The summed E-state index contributed by atoms with van der Waals surface area (Å²) in [5, 5.41) is 0. The second kappa shape index (κ2) is 4.88. The quantitative estimate of drug-likeness (QED) is 0.582. The van der Waals surface area contributed by atoms with E-state index in [-0.39, 0.29) is 5.57 Å². The van der Waals surface area contributed by atoms with Crippen LogP contribution >= 0.6 is 0 Å². The third-order valence-electron chi connectivity index (χ3n) is 2.00. The van der Waals surface area contributed by atoms with Crippen LogP contribution in [0.25, 0.3) is 0 Å². The molecule has 0 unspecified atom stereocenters. The molecule has 0 aliphatic carbocycles. The Balaban J connectivity index is 3.15. The van der Waals surface area contributed by atoms with Crippen molar-refractivity contribution in [2.75, 3.05) is 14.1 Å². The van der Waals surface area contributed by atoms with Gasteiger partial charge >= 0.3 is 0 Å². The Labute approximate surface area is 93.2 Å². The van der Waals surface area contributed by atoms with Gasteiger partial charge in [0.15, 0.2) is 5.78 Å². The van der Waals surface area contributed by atoms with Gasteiger partial charge in [-0.1, -0.05) is 6.07 Å². The Hall–Kier alpha value is -1.71. The van der Waals surface area contributed by atoms with Crippen molar-refractivity contribution < 1.29 is 13.6 Å². The average molecular weight is 225 g/mol. The van der Waals surface area contributed by atoms with Crippen LogP contribution in [-0.2, 0) is 0 Å². The lowest BCUT2D eigenvalue weighted by Gasteiger charge is -2.08. The van der Waals surface area contributed by atoms with Gasteiger partial charge in [-0.05, 0) is 19.1 Å². The zero-order chi connectivity index (χ0) is 12.3. The highest BCUT2D eigenvalue weighted by molar-refractivity contribution is 6.08. The molecule has 0 saturated carbocycles. The Morgan fingerprint density at radius 3 is 2.19 bits per heavy atom. The molecule has 0 aromatic heterocycles. The molecule has 86 valence electrons. The molecule has 1 aromatic rings. The van der Waals surface area contributed by atoms with E-state index in [1.807, 2.05) is 0 Å². The van der Waals surface area contributed by atoms with Crippen LogP contribution < -0.4 is 0 Å². The van der Waals surface area contributed by atoms with Gasteiger partial charge in [-0.15, -0.1) is 0 Å². The van der Waals surface area contributed by atoms with Crippen molar-refractivity contribution in [1.82, 2.24) is 4.90 Å². The van der Waals surface area contributed by atoms with Crippen molar-refractivity contribution in [3.8, 4) is 0 Å². The first-order valence-electron chi connectivity index (χ1n) is 4.77. The number of hydrogen-bond acceptors (Lipinski definition) is 2. The van der Waals surface area contributed by atoms with Gasteiger partial charge in [0.2, 0.25) is 0 Å². The molecule has 0 heterocycles. The number of carbonyl (C=O) groups excluding carboxylic acids is 1. The van der Waals surface area contributed by atoms with Crippen molar-refractivity contribution >= 4 is 5.78 Å². The lowest BCUT2D eigenvalue weighted by atomic mass is 10.0. The third-order valence-corrected chi connectivity index (χ3v) is 2.00. The topological polar surface area (TPSA) is 20.3 Å². The Morgan fingerprint density at radius 1 is 1.25 bits per heavy atom. The predicted octanol–water partition coefficient (Wildman–Crippen LogP) is 2.61. The van der Waals surface area contributed by atoms with E-state index in [1.165, 1.54) is 19.2 Å². The highest BCUT2D eigenvalue weighted by Gasteiger charge is 2.18. The first-order valence-corrected chi connectivity index (χ1v) is 4.77. The molecule has 0 atom stereocenters. The summed E-state index contributed by atoms with van der Waals surface area (Å²) in [4.78, 5) is 13.4. The van der Waals surface area contributed by atoms with Crippen LogP contribution in [0.3, 0.4) is 0 Å². The fraction of sp³-hybridized carbons (Fsp3) is 0.250. The Kier molecular flexibility index (Phi) is 3.77. The molecule has 1 aromatic carbocycles. The second-order valence-electron chi connectivity index (χ2n) is 3.70. The normalized spacial score (nSPS) is 11.4. The van der Waals surface area contributed by atoms with Gasteiger partial charge in [-0.25, -0.2) is 8.78 Å². The second-order valence-corrected chi connectivity index (χ2v) is 3.70. The van der Waals surface area contributed by atoms with E-state index in [0.717, 1.165) is 12.1 Å². The summed E-state index contributed by atoms with van der Waals surface area (Å²) >= 11 is 0. The van der Waals surface area contributed by atoms with Crippen molar-refractivity contribution in [3.63, 3.8) is 0 Å². The number of carbonyl (C=O) groups is 1. The number of rotatable bonds is 3. The zero-order valence-electron chi connectivity index (χ0n) is 9.42. The largest absolute Gasteiger partial charge is 0.383 e. The molecule has 0 spiro atoms. The molecule has 0 aliphatic heterocycles. The molecule has 0 aliphatic rings. The van der Waals surface area contributed by atoms with Gasteiger partial charge in [-0.3, -0.25) is 4.79 Å². The summed E-state index contributed by atoms with van der Waals surface area (Å²) in [6, 6.07) is 3.37. The highest BCUT2D eigenvalue weighted by Crippen LogP contribution is 2.16. The Morgan fingerprint density at radius 2 is 1.75 bits per heavy atom. The van der Waals surface area contributed by atoms with E-state index in [1.54, 1.807) is 19.0 Å². The maximum atomic E-state index is 13.3. The summed E-state index contributed by atoms with van der Waals surface area (Å²) in [6.45, 7) is 1.52. The average Bonchev–Trinajstić information content (AvgIpc) is 2.16. The lowest BCUT2D eigenvalue weighted by Crippen LogP contribution is -2.11. The molecule has 0 amide bonds. The van der Waals surface area contributed by atoms with Crippen LogP contribution in [0.2, 0.25) is 0 Å². The molecule has 0 bridgehead atoms. The Bertz CT molecular complexity index is 418. The van der Waals surface area contributed by atoms with Crippen molar-refractivity contribution in [1.29, 1.82) is 0 Å². The first-order chi connectivity index (χ1) is 7.43. The smallest absolute Gasteiger partial charge is 0.196 e. The number of ketones is 1. The molecular formula is C12H13F2NO. The standard InChI is InChI=1S/C12H13F2NO/c1-8(7-15(2)3)12(16)11-9(13)5-4-6-10(11)14/h4-7H,1-3H3/b8-7+. The van der Waals surface area contributed by atoms with Crippen molar-refractivity contribution in [2.45, 2.75) is 6.92 Å². The highest BCUT2D eigenvalue weighted by atomic mass is 19.1. The molecule has 0 radical (unpaired) electrons. The van der Waals surface area contributed by atoms with Crippen LogP contribution in [0, 0.1) is 11.6 Å². The lowest BCUT2D eigenvalue weighted by molar-refractivity contribution is 0.102. The minimum absolute atomic E-state index is 0.286. The number of hydrogen-bond donors (Lipinski definition) is 0. The van der Waals surface area contributed by atoms with Gasteiger partial charge < -0.3 is 4.90 Å². The van der Waals surface area contributed by atoms with Gasteiger partial charge in [0.05, 0.1) is 5.56 Å². The summed E-state index contributed by atoms with van der Waals surface area (Å²) in [6.07, 6.45) is 1.52. The molecule has 2 nitrogen and oxygen atoms in total. The number of allylic oxidation sites excluding steroid dienone is 1. The van der Waals surface area contributed by atoms with E-state index < -0.39 is 23.0 Å². The van der Waals surface area contributed by atoms with Gasteiger partial charge in [0.1, 0.15) is 11.6 Å². The molecule has 0 N–H and O–H groups in total. The van der Waals surface area contributed by atoms with E-state index in [0.29, 0.717) is 0 Å². The molecule has 4 heteroatoms. The SMILES string of the molecule is C/C(=C\N(C)C)C(=O)c1c(F)cccc1F. The molecule has 16 heavy (non-hydrogen) atoms. The maximum absolute atomic E-state index is 13.3. The summed E-state index contributed by atoms with van der Waals surface area (Å²) in [5.74, 6) is -2.31. The minimum Gasteiger partial charge on any atom is -0.383 e. The first kappa shape index (κ1) is 12.4. The fourth-order valence-corrected chi connectivity index (χ4v) is 1.36. The van der Waals surface area contributed by atoms with Crippen molar-refractivity contribution in [2.24, 2.45) is 0 Å². The van der Waals surface area contributed by atoms with E-state index >= 15 is 0 Å². The van der Waals surface area contributed by atoms with Crippen LogP contribution in [0.5, 0.6) is 0 Å². The fourth-order valence-electron chi connectivity index (χ4n) is 1.36. The molecular weight excluding hydrogens is 212 g/mol. The van der Waals surface area contributed by atoms with E-state index in [4.69, 9.17) is 0 Å². The van der Waals surface area contributed by atoms with Gasteiger partial charge in [0.25, 0.3) is 0 Å². The van der Waals surface area contributed by atoms with E-state index in [2.05, 4.69) is 0 Å². The molecule has 0 saturated heterocycles. The monoisotopic (exact) mass is 225 g/mol. The number of benzene rings is 1. The van der Waals surface area contributed by atoms with Crippen molar-refractivity contribution in [3.05, 3.63) is 47.2 Å². The predicted molar refractivity (Wildman–Crippen MR) is 58.1 cm³/mol. The molecule has 0 fully saturated rings. The van der Waals surface area contributed by atoms with Gasteiger partial charge in [-0.2, -0.15) is 0 Å². The number of Topliss-reactive ketones (excluding diaryl/α,β-unsaturated/α-hetero) is 1. The minimum atomic E-state index is -0.837. The van der Waals surface area contributed by atoms with Gasteiger partial charge in [0, 0.05) is 25.9 Å². The maximum Gasteiger partial charge on any atom is 0.196 e. The van der Waals surface area contributed by atoms with Crippen LogP contribution in [0.4, 0.5) is 8.78 Å². The summed E-state index contributed by atoms with van der Waals surface area (Å²) in [7, 11) is 3.46. The zero-order valence-corrected chi connectivity index (χ0v) is 9.42. The van der Waals surface area contributed by atoms with Crippen LogP contribution in [-0.4, -0.2) is 24.8 Å². The third kappa shape index (κ3) is 2.66. The van der Waals surface area contributed by atoms with Crippen LogP contribution in [0.1, 0.15) is 17.3 Å². The number of halogens is 2. The number of nitrogens with zero attached hydrogens (tertiary/aromatic N) is 1.